The van der Waals surface area contributed by atoms with Gasteiger partial charge < -0.3 is 14.7 Å². The predicted octanol–water partition coefficient (Wildman–Crippen LogP) is 2.41. The van der Waals surface area contributed by atoms with Gasteiger partial charge in [-0.3, -0.25) is 0 Å². The van der Waals surface area contributed by atoms with Gasteiger partial charge in [0.05, 0.1) is 6.61 Å². The number of alkyl halides is 3. The van der Waals surface area contributed by atoms with Crippen LogP contribution >= 0.6 is 0 Å². The van der Waals surface area contributed by atoms with Gasteiger partial charge in [0.2, 0.25) is 5.88 Å². The van der Waals surface area contributed by atoms with Crippen LogP contribution in [0.25, 0.3) is 0 Å². The number of aromatic nitrogens is 2. The van der Waals surface area contributed by atoms with E-state index in [9.17, 15) is 18.3 Å². The van der Waals surface area contributed by atoms with Gasteiger partial charge in [0.15, 0.2) is 5.60 Å². The molecule has 1 aliphatic heterocycles. The lowest BCUT2D eigenvalue weighted by Gasteiger charge is -2.40. The highest BCUT2D eigenvalue weighted by Crippen LogP contribution is 2.40. The number of nitrogens with zero attached hydrogens (tertiary/aromatic N) is 3. The average Bonchev–Trinajstić information content (AvgIpc) is 2.47. The minimum absolute atomic E-state index is 0.250. The molecule has 1 aromatic rings. The molecule has 2 rings (SSSR count). The van der Waals surface area contributed by atoms with Crippen LogP contribution in [0.3, 0.4) is 0 Å². The van der Waals surface area contributed by atoms with Crippen LogP contribution in [0.4, 0.5) is 19.0 Å². The molecule has 5 nitrogen and oxygen atoms in total. The van der Waals surface area contributed by atoms with Gasteiger partial charge in [0, 0.05) is 19.2 Å². The van der Waals surface area contributed by atoms with Crippen molar-refractivity contribution < 1.29 is 23.0 Å². The zero-order valence-electron chi connectivity index (χ0n) is 12.6. The SMILES string of the molecule is CCOc1cc(N2CCC(C(C)(O)C(F)(F)F)CC2)ncn1. The minimum atomic E-state index is -4.61. The standard InChI is InChI=1S/C14H20F3N3O2/c1-3-22-12-8-11(18-9-19-12)20-6-4-10(5-7-20)13(2,21)14(15,16)17/h8-10,21H,3-7H2,1-2H3. The van der Waals surface area contributed by atoms with Crippen LogP contribution in [-0.2, 0) is 0 Å². The maximum Gasteiger partial charge on any atom is 0.417 e. The molecule has 0 bridgehead atoms. The van der Waals surface area contributed by atoms with Crippen molar-refractivity contribution in [2.45, 2.75) is 38.5 Å². The third-order valence-electron chi connectivity index (χ3n) is 4.11. The van der Waals surface area contributed by atoms with E-state index in [1.807, 2.05) is 11.8 Å². The Morgan fingerprint density at radius 3 is 2.50 bits per heavy atom. The van der Waals surface area contributed by atoms with Crippen molar-refractivity contribution >= 4 is 5.82 Å². The zero-order chi connectivity index (χ0) is 16.4. The normalized spacial score (nSPS) is 19.8. The fourth-order valence-corrected chi connectivity index (χ4v) is 2.63. The summed E-state index contributed by atoms with van der Waals surface area (Å²) in [6, 6.07) is 1.67. The lowest BCUT2D eigenvalue weighted by molar-refractivity contribution is -0.273. The molecule has 1 fully saturated rings. The van der Waals surface area contributed by atoms with Crippen molar-refractivity contribution in [3.8, 4) is 5.88 Å². The van der Waals surface area contributed by atoms with E-state index in [1.165, 1.54) is 6.33 Å². The summed E-state index contributed by atoms with van der Waals surface area (Å²) in [4.78, 5) is 9.98. The molecule has 1 N–H and O–H groups in total. The largest absolute Gasteiger partial charge is 0.478 e. The molecule has 1 aliphatic rings. The number of piperidine rings is 1. The van der Waals surface area contributed by atoms with Crippen molar-refractivity contribution in [1.29, 1.82) is 0 Å². The highest BCUT2D eigenvalue weighted by Gasteiger charge is 2.54. The summed E-state index contributed by atoms with van der Waals surface area (Å²) in [7, 11) is 0. The molecule has 124 valence electrons. The van der Waals surface area contributed by atoms with E-state index in [0.29, 0.717) is 31.4 Å². The van der Waals surface area contributed by atoms with E-state index in [4.69, 9.17) is 4.74 Å². The molecule has 8 heteroatoms. The highest BCUT2D eigenvalue weighted by molar-refractivity contribution is 5.41. The van der Waals surface area contributed by atoms with Gasteiger partial charge in [-0.15, -0.1) is 0 Å². The highest BCUT2D eigenvalue weighted by atomic mass is 19.4. The Balaban J connectivity index is 2.02. The lowest BCUT2D eigenvalue weighted by atomic mass is 9.81. The van der Waals surface area contributed by atoms with Crippen molar-refractivity contribution in [2.75, 3.05) is 24.6 Å². The van der Waals surface area contributed by atoms with Gasteiger partial charge >= 0.3 is 6.18 Å². The maximum atomic E-state index is 12.9. The van der Waals surface area contributed by atoms with Gasteiger partial charge in [-0.1, -0.05) is 0 Å². The molecule has 0 radical (unpaired) electrons. The Kier molecular flexibility index (Phi) is 4.79. The number of aliphatic hydroxyl groups is 1. The van der Waals surface area contributed by atoms with Crippen LogP contribution in [-0.4, -0.2) is 46.5 Å². The van der Waals surface area contributed by atoms with E-state index in [-0.39, 0.29) is 12.8 Å². The molecule has 1 aromatic heterocycles. The first kappa shape index (κ1) is 16.8. The Labute approximate surface area is 127 Å². The second-order valence-electron chi connectivity index (χ2n) is 5.55. The predicted molar refractivity (Wildman–Crippen MR) is 74.8 cm³/mol. The molecule has 0 aliphatic carbocycles. The first-order valence-corrected chi connectivity index (χ1v) is 7.24. The van der Waals surface area contributed by atoms with Gasteiger partial charge in [0.25, 0.3) is 0 Å². The monoisotopic (exact) mass is 319 g/mol. The van der Waals surface area contributed by atoms with Crippen LogP contribution in [0.15, 0.2) is 12.4 Å². The Bertz CT molecular complexity index is 500. The molecular weight excluding hydrogens is 299 g/mol. The lowest BCUT2D eigenvalue weighted by Crippen LogP contribution is -2.52. The van der Waals surface area contributed by atoms with E-state index >= 15 is 0 Å². The smallest absolute Gasteiger partial charge is 0.417 e. The third kappa shape index (κ3) is 3.43. The van der Waals surface area contributed by atoms with E-state index in [0.717, 1.165) is 6.92 Å². The van der Waals surface area contributed by atoms with Crippen LogP contribution in [0.5, 0.6) is 5.88 Å². The summed E-state index contributed by atoms with van der Waals surface area (Å²) >= 11 is 0. The average molecular weight is 319 g/mol. The van der Waals surface area contributed by atoms with Crippen molar-refractivity contribution in [3.63, 3.8) is 0 Å². The first-order valence-electron chi connectivity index (χ1n) is 7.24. The maximum absolute atomic E-state index is 12.9. The van der Waals surface area contributed by atoms with E-state index in [2.05, 4.69) is 9.97 Å². The molecule has 1 atom stereocenters. The Morgan fingerprint density at radius 1 is 1.32 bits per heavy atom. The van der Waals surface area contributed by atoms with E-state index in [1.54, 1.807) is 6.07 Å². The summed E-state index contributed by atoms with van der Waals surface area (Å²) in [5.41, 5.74) is -2.65. The molecule has 22 heavy (non-hydrogen) atoms. The van der Waals surface area contributed by atoms with Gasteiger partial charge in [-0.05, 0) is 32.6 Å². The van der Waals surface area contributed by atoms with Crippen molar-refractivity contribution in [1.82, 2.24) is 9.97 Å². The van der Waals surface area contributed by atoms with Gasteiger partial charge in [-0.25, -0.2) is 9.97 Å². The minimum Gasteiger partial charge on any atom is -0.478 e. The van der Waals surface area contributed by atoms with Crippen molar-refractivity contribution in [3.05, 3.63) is 12.4 Å². The number of anilines is 1. The first-order chi connectivity index (χ1) is 10.3. The molecule has 0 aromatic carbocycles. The topological polar surface area (TPSA) is 58.5 Å². The van der Waals surface area contributed by atoms with E-state index < -0.39 is 17.7 Å². The quantitative estimate of drug-likeness (QED) is 0.923. The number of hydrogen-bond donors (Lipinski definition) is 1. The zero-order valence-corrected chi connectivity index (χ0v) is 12.6. The second-order valence-corrected chi connectivity index (χ2v) is 5.55. The fourth-order valence-electron chi connectivity index (χ4n) is 2.63. The van der Waals surface area contributed by atoms with Gasteiger partial charge in [0.1, 0.15) is 12.1 Å². The molecule has 0 spiro atoms. The molecule has 2 heterocycles. The van der Waals surface area contributed by atoms with Crippen LogP contribution in [0, 0.1) is 5.92 Å². The van der Waals surface area contributed by atoms with Crippen LogP contribution in [0.2, 0.25) is 0 Å². The number of rotatable bonds is 4. The summed E-state index contributed by atoms with van der Waals surface area (Å²) < 4.78 is 43.9. The molecule has 0 amide bonds. The van der Waals surface area contributed by atoms with Gasteiger partial charge in [-0.2, -0.15) is 13.2 Å². The van der Waals surface area contributed by atoms with Crippen molar-refractivity contribution in [2.24, 2.45) is 5.92 Å². The number of hydrogen-bond acceptors (Lipinski definition) is 5. The number of ether oxygens (including phenoxy) is 1. The summed E-state index contributed by atoms with van der Waals surface area (Å²) in [5, 5.41) is 9.76. The molecule has 0 saturated carbocycles. The molecular formula is C14H20F3N3O2. The van der Waals surface area contributed by atoms with Crippen LogP contribution in [0.1, 0.15) is 26.7 Å². The van der Waals surface area contributed by atoms with Crippen LogP contribution < -0.4 is 9.64 Å². The summed E-state index contributed by atoms with van der Waals surface area (Å²) in [6.45, 7) is 3.98. The Hall–Kier alpha value is -1.57. The summed E-state index contributed by atoms with van der Waals surface area (Å²) in [6.07, 6.45) is -2.74. The molecule has 1 unspecified atom stereocenters. The third-order valence-corrected chi connectivity index (χ3v) is 4.11. The Morgan fingerprint density at radius 2 is 1.95 bits per heavy atom. The number of halogens is 3. The molecule has 1 saturated heterocycles. The second kappa shape index (κ2) is 6.28. The fraction of sp³-hybridized carbons (Fsp3) is 0.714. The summed E-state index contributed by atoms with van der Waals surface area (Å²) in [5.74, 6) is 0.261.